The fourth-order valence-corrected chi connectivity index (χ4v) is 2.95. The molecule has 3 heterocycles. The largest absolute Gasteiger partial charge is 0.338 e. The topological polar surface area (TPSA) is 96.9 Å². The highest BCUT2D eigenvalue weighted by Gasteiger charge is 2.10. The van der Waals surface area contributed by atoms with Crippen molar-refractivity contribution in [1.29, 1.82) is 0 Å². The van der Waals surface area contributed by atoms with Crippen LogP contribution in [0.3, 0.4) is 0 Å². The van der Waals surface area contributed by atoms with Crippen LogP contribution in [0.15, 0.2) is 30.5 Å². The number of Topliss-reactive ketones (excluding diaryl/α,β-unsaturated/α-hetero) is 1. The summed E-state index contributed by atoms with van der Waals surface area (Å²) in [7, 11) is 0. The lowest BCUT2D eigenvalue weighted by Crippen LogP contribution is -2.28. The minimum atomic E-state index is -0.341. The van der Waals surface area contributed by atoms with Gasteiger partial charge in [0.1, 0.15) is 5.52 Å². The zero-order valence-electron chi connectivity index (χ0n) is 13.2. The van der Waals surface area contributed by atoms with E-state index >= 15 is 0 Å². The van der Waals surface area contributed by atoms with Crippen LogP contribution in [0.4, 0.5) is 10.6 Å². The van der Waals surface area contributed by atoms with Crippen LogP contribution < -0.4 is 10.6 Å². The Kier molecular flexibility index (Phi) is 4.48. The van der Waals surface area contributed by atoms with Crippen LogP contribution in [-0.4, -0.2) is 33.3 Å². The SMILES string of the molecule is CCNC(=O)Nc1cnc2ccc(-c3ccc(C(C)=O)s3)nc2n1. The van der Waals surface area contributed by atoms with E-state index in [-0.39, 0.29) is 11.8 Å². The Balaban J connectivity index is 1.93. The number of hydrogen-bond acceptors (Lipinski definition) is 6. The molecule has 0 bridgehead atoms. The number of carbonyl (C=O) groups excluding carboxylic acids is 2. The highest BCUT2D eigenvalue weighted by atomic mass is 32.1. The predicted octanol–water partition coefficient (Wildman–Crippen LogP) is 3.10. The summed E-state index contributed by atoms with van der Waals surface area (Å²) < 4.78 is 0. The molecule has 0 aliphatic heterocycles. The summed E-state index contributed by atoms with van der Waals surface area (Å²) in [5.74, 6) is 0.356. The van der Waals surface area contributed by atoms with E-state index in [4.69, 9.17) is 0 Å². The van der Waals surface area contributed by atoms with Crippen LogP contribution in [0.25, 0.3) is 21.7 Å². The number of pyridine rings is 1. The zero-order valence-corrected chi connectivity index (χ0v) is 14.0. The van der Waals surface area contributed by atoms with Gasteiger partial charge >= 0.3 is 6.03 Å². The van der Waals surface area contributed by atoms with Gasteiger partial charge in [0.05, 0.1) is 21.6 Å². The first-order chi connectivity index (χ1) is 11.6. The third-order valence-electron chi connectivity index (χ3n) is 3.19. The lowest BCUT2D eigenvalue weighted by atomic mass is 10.3. The van der Waals surface area contributed by atoms with E-state index in [1.165, 1.54) is 24.5 Å². The van der Waals surface area contributed by atoms with Crippen LogP contribution in [0, 0.1) is 0 Å². The highest BCUT2D eigenvalue weighted by Crippen LogP contribution is 2.28. The van der Waals surface area contributed by atoms with Crippen molar-refractivity contribution in [2.45, 2.75) is 13.8 Å². The van der Waals surface area contributed by atoms with E-state index in [0.29, 0.717) is 34.1 Å². The number of nitrogens with zero attached hydrogens (tertiary/aromatic N) is 3. The minimum absolute atomic E-state index is 0.0280. The number of rotatable bonds is 4. The van der Waals surface area contributed by atoms with Crippen molar-refractivity contribution in [3.8, 4) is 10.6 Å². The first-order valence-electron chi connectivity index (χ1n) is 7.36. The molecule has 122 valence electrons. The standard InChI is InChI=1S/C16H15N5O2S/c1-3-17-16(23)21-14-8-18-11-5-4-10(19-15(11)20-14)13-7-6-12(24-13)9(2)22/h4-8H,3H2,1-2H3,(H2,17,19,20,21,23). The van der Waals surface area contributed by atoms with Crippen molar-refractivity contribution in [3.05, 3.63) is 35.3 Å². The second-order valence-electron chi connectivity index (χ2n) is 5.00. The quantitative estimate of drug-likeness (QED) is 0.711. The summed E-state index contributed by atoms with van der Waals surface area (Å²) in [6.45, 7) is 3.89. The molecule has 3 aromatic heterocycles. The fraction of sp³-hybridized carbons (Fsp3) is 0.188. The molecular formula is C16H15N5O2S. The van der Waals surface area contributed by atoms with E-state index < -0.39 is 0 Å². The molecule has 0 fully saturated rings. The van der Waals surface area contributed by atoms with Gasteiger partial charge in [0.15, 0.2) is 17.2 Å². The van der Waals surface area contributed by atoms with Crippen molar-refractivity contribution in [2.24, 2.45) is 0 Å². The van der Waals surface area contributed by atoms with Crippen molar-refractivity contribution in [1.82, 2.24) is 20.3 Å². The second kappa shape index (κ2) is 6.71. The van der Waals surface area contributed by atoms with Crippen molar-refractivity contribution >= 4 is 40.1 Å². The number of fused-ring (bicyclic) bond motifs is 1. The van der Waals surface area contributed by atoms with Crippen molar-refractivity contribution in [3.63, 3.8) is 0 Å². The Labute approximate surface area is 142 Å². The number of aromatic nitrogens is 3. The summed E-state index contributed by atoms with van der Waals surface area (Å²) >= 11 is 1.38. The summed E-state index contributed by atoms with van der Waals surface area (Å²) in [6, 6.07) is 6.95. The Morgan fingerprint density at radius 3 is 2.71 bits per heavy atom. The third kappa shape index (κ3) is 3.38. The number of thiophene rings is 1. The van der Waals surface area contributed by atoms with Crippen LogP contribution in [0.5, 0.6) is 0 Å². The van der Waals surface area contributed by atoms with Gasteiger partial charge in [-0.2, -0.15) is 0 Å². The summed E-state index contributed by atoms with van der Waals surface area (Å²) in [6.07, 6.45) is 1.48. The van der Waals surface area contributed by atoms with Crippen LogP contribution in [0.1, 0.15) is 23.5 Å². The molecule has 0 saturated heterocycles. The molecular weight excluding hydrogens is 326 g/mol. The Morgan fingerprint density at radius 1 is 1.17 bits per heavy atom. The predicted molar refractivity (Wildman–Crippen MR) is 93.3 cm³/mol. The molecule has 0 aliphatic rings. The molecule has 2 N–H and O–H groups in total. The molecule has 0 aromatic carbocycles. The van der Waals surface area contributed by atoms with E-state index in [2.05, 4.69) is 25.6 Å². The monoisotopic (exact) mass is 341 g/mol. The molecule has 3 aromatic rings. The van der Waals surface area contributed by atoms with E-state index in [0.717, 1.165) is 4.88 Å². The fourth-order valence-electron chi connectivity index (χ4n) is 2.08. The third-order valence-corrected chi connectivity index (χ3v) is 4.40. The first kappa shape index (κ1) is 16.0. The number of urea groups is 1. The van der Waals surface area contributed by atoms with Gasteiger partial charge in [0.2, 0.25) is 0 Å². The second-order valence-corrected chi connectivity index (χ2v) is 6.08. The summed E-state index contributed by atoms with van der Waals surface area (Å²) in [5, 5.41) is 5.23. The molecule has 7 nitrogen and oxygen atoms in total. The maximum absolute atomic E-state index is 11.6. The molecule has 2 amide bonds. The molecule has 24 heavy (non-hydrogen) atoms. The number of carbonyl (C=O) groups is 2. The number of hydrogen-bond donors (Lipinski definition) is 2. The van der Waals surface area contributed by atoms with Crippen molar-refractivity contribution < 1.29 is 9.59 Å². The number of nitrogens with one attached hydrogen (secondary N) is 2. The van der Waals surface area contributed by atoms with Gasteiger partial charge in [0, 0.05) is 6.54 Å². The molecule has 0 unspecified atom stereocenters. The first-order valence-corrected chi connectivity index (χ1v) is 8.18. The minimum Gasteiger partial charge on any atom is -0.338 e. The maximum atomic E-state index is 11.6. The Bertz CT molecular complexity index is 922. The van der Waals surface area contributed by atoms with E-state index in [9.17, 15) is 9.59 Å². The van der Waals surface area contributed by atoms with Crippen LogP contribution >= 0.6 is 11.3 Å². The molecule has 0 saturated carbocycles. The zero-order chi connectivity index (χ0) is 17.1. The maximum Gasteiger partial charge on any atom is 0.320 e. The lowest BCUT2D eigenvalue weighted by Gasteiger charge is -2.05. The van der Waals surface area contributed by atoms with Gasteiger partial charge in [-0.15, -0.1) is 11.3 Å². The normalized spacial score (nSPS) is 10.6. The van der Waals surface area contributed by atoms with Gasteiger partial charge in [-0.3, -0.25) is 10.1 Å². The molecule has 0 spiro atoms. The molecule has 3 rings (SSSR count). The number of ketones is 1. The highest BCUT2D eigenvalue weighted by molar-refractivity contribution is 7.17. The van der Waals surface area contributed by atoms with Crippen LogP contribution in [0.2, 0.25) is 0 Å². The van der Waals surface area contributed by atoms with Crippen LogP contribution in [-0.2, 0) is 0 Å². The number of amides is 2. The van der Waals surface area contributed by atoms with E-state index in [1.807, 2.05) is 25.1 Å². The molecule has 0 atom stereocenters. The van der Waals surface area contributed by atoms with Gasteiger partial charge in [0.25, 0.3) is 0 Å². The van der Waals surface area contributed by atoms with Crippen molar-refractivity contribution in [2.75, 3.05) is 11.9 Å². The van der Waals surface area contributed by atoms with Gasteiger partial charge in [-0.1, -0.05) is 0 Å². The van der Waals surface area contributed by atoms with Gasteiger partial charge in [-0.25, -0.2) is 19.7 Å². The Hall–Kier alpha value is -2.87. The van der Waals surface area contributed by atoms with Gasteiger partial charge < -0.3 is 5.32 Å². The number of anilines is 1. The molecule has 8 heteroatoms. The smallest absolute Gasteiger partial charge is 0.320 e. The summed E-state index contributed by atoms with van der Waals surface area (Å²) in [4.78, 5) is 37.6. The average molecular weight is 341 g/mol. The van der Waals surface area contributed by atoms with E-state index in [1.54, 1.807) is 6.07 Å². The summed E-state index contributed by atoms with van der Waals surface area (Å²) in [5.41, 5.74) is 1.77. The lowest BCUT2D eigenvalue weighted by molar-refractivity contribution is 0.102. The average Bonchev–Trinajstić information content (AvgIpc) is 3.04. The Morgan fingerprint density at radius 2 is 2.00 bits per heavy atom. The molecule has 0 aliphatic carbocycles. The van der Waals surface area contributed by atoms with Gasteiger partial charge in [-0.05, 0) is 38.1 Å². The molecule has 0 radical (unpaired) electrons.